The van der Waals surface area contributed by atoms with Crippen LogP contribution in [0.4, 0.5) is 8.78 Å². The lowest BCUT2D eigenvalue weighted by Gasteiger charge is -2.07. The number of carbonyl (C=O) groups is 2. The van der Waals surface area contributed by atoms with E-state index < -0.39 is 30.1 Å². The minimum absolute atomic E-state index is 0.130. The molecule has 5 nitrogen and oxygen atoms in total. The van der Waals surface area contributed by atoms with Gasteiger partial charge in [-0.15, -0.1) is 0 Å². The van der Waals surface area contributed by atoms with Gasteiger partial charge in [-0.25, -0.2) is 13.6 Å². The van der Waals surface area contributed by atoms with E-state index >= 15 is 0 Å². The fourth-order valence-corrected chi connectivity index (χ4v) is 1.71. The maximum absolute atomic E-state index is 13.4. The monoisotopic (exact) mass is 320 g/mol. The van der Waals surface area contributed by atoms with Crippen LogP contribution >= 0.6 is 0 Å². The molecule has 7 heteroatoms. The van der Waals surface area contributed by atoms with E-state index in [1.54, 1.807) is 13.0 Å². The summed E-state index contributed by atoms with van der Waals surface area (Å²) in [5, 5.41) is 2.38. The van der Waals surface area contributed by atoms with Gasteiger partial charge in [0.2, 0.25) is 0 Å². The average molecular weight is 320 g/mol. The predicted molar refractivity (Wildman–Crippen MR) is 77.5 cm³/mol. The molecule has 0 bridgehead atoms. The van der Waals surface area contributed by atoms with Gasteiger partial charge in [-0.1, -0.05) is 6.07 Å². The van der Waals surface area contributed by atoms with Crippen molar-refractivity contribution in [3.63, 3.8) is 0 Å². The summed E-state index contributed by atoms with van der Waals surface area (Å²) in [6.07, 6.45) is 1.35. The second kappa shape index (κ2) is 7.44. The van der Waals surface area contributed by atoms with Gasteiger partial charge in [0, 0.05) is 30.1 Å². The number of pyridine rings is 1. The van der Waals surface area contributed by atoms with Gasteiger partial charge in [0.25, 0.3) is 5.91 Å². The zero-order valence-corrected chi connectivity index (χ0v) is 12.3. The van der Waals surface area contributed by atoms with E-state index in [1.807, 2.05) is 0 Å². The Morgan fingerprint density at radius 3 is 2.65 bits per heavy atom. The molecule has 0 spiro atoms. The summed E-state index contributed by atoms with van der Waals surface area (Å²) in [6.45, 7) is 1.14. The summed E-state index contributed by atoms with van der Waals surface area (Å²) in [6, 6.07) is 6.24. The summed E-state index contributed by atoms with van der Waals surface area (Å²) in [7, 11) is 0. The van der Waals surface area contributed by atoms with Gasteiger partial charge in [0.15, 0.2) is 6.61 Å². The number of esters is 1. The van der Waals surface area contributed by atoms with Crippen molar-refractivity contribution in [2.24, 2.45) is 0 Å². The highest BCUT2D eigenvalue weighted by atomic mass is 19.1. The highest BCUT2D eigenvalue weighted by Gasteiger charge is 2.11. The summed E-state index contributed by atoms with van der Waals surface area (Å²) < 4.78 is 31.0. The third-order valence-electron chi connectivity index (χ3n) is 2.97. The van der Waals surface area contributed by atoms with E-state index in [0.717, 1.165) is 17.8 Å². The van der Waals surface area contributed by atoms with E-state index in [2.05, 4.69) is 10.3 Å². The molecule has 0 radical (unpaired) electrons. The number of hydrogen-bond donors (Lipinski definition) is 1. The van der Waals surface area contributed by atoms with E-state index in [0.29, 0.717) is 0 Å². The maximum Gasteiger partial charge on any atom is 0.340 e. The largest absolute Gasteiger partial charge is 0.452 e. The third kappa shape index (κ3) is 4.84. The lowest BCUT2D eigenvalue weighted by atomic mass is 10.2. The van der Waals surface area contributed by atoms with Gasteiger partial charge in [-0.2, -0.15) is 0 Å². The lowest BCUT2D eigenvalue weighted by Crippen LogP contribution is -2.28. The Balaban J connectivity index is 1.81. The second-order valence-corrected chi connectivity index (χ2v) is 4.78. The van der Waals surface area contributed by atoms with Crippen LogP contribution in [-0.2, 0) is 16.1 Å². The number of halogens is 2. The van der Waals surface area contributed by atoms with Crippen LogP contribution < -0.4 is 5.32 Å². The molecule has 0 atom stereocenters. The number of aromatic nitrogens is 1. The molecule has 1 aromatic heterocycles. The van der Waals surface area contributed by atoms with Crippen LogP contribution in [0.2, 0.25) is 0 Å². The van der Waals surface area contributed by atoms with Crippen molar-refractivity contribution >= 4 is 11.9 Å². The Morgan fingerprint density at radius 2 is 2.00 bits per heavy atom. The van der Waals surface area contributed by atoms with Gasteiger partial charge in [0.1, 0.15) is 11.6 Å². The number of benzene rings is 1. The molecule has 120 valence electrons. The van der Waals surface area contributed by atoms with E-state index in [9.17, 15) is 18.4 Å². The summed E-state index contributed by atoms with van der Waals surface area (Å²) in [5.41, 5.74) is 1.11. The molecule has 1 aromatic carbocycles. The summed E-state index contributed by atoms with van der Waals surface area (Å²) in [4.78, 5) is 27.2. The molecule has 0 aliphatic carbocycles. The molecule has 1 amide bonds. The molecule has 0 unspecified atom stereocenters. The lowest BCUT2D eigenvalue weighted by molar-refractivity contribution is -0.124. The van der Waals surface area contributed by atoms with Crippen molar-refractivity contribution in [2.75, 3.05) is 6.61 Å². The van der Waals surface area contributed by atoms with Crippen LogP contribution in [0.1, 0.15) is 21.6 Å². The number of ether oxygens (including phenoxy) is 1. The van der Waals surface area contributed by atoms with Crippen LogP contribution in [0.15, 0.2) is 36.5 Å². The quantitative estimate of drug-likeness (QED) is 0.857. The molecule has 0 saturated carbocycles. The molecule has 0 aliphatic heterocycles. The predicted octanol–water partition coefficient (Wildman–Crippen LogP) is 2.14. The van der Waals surface area contributed by atoms with E-state index in [-0.39, 0.29) is 17.7 Å². The first-order valence-electron chi connectivity index (χ1n) is 6.76. The van der Waals surface area contributed by atoms with Gasteiger partial charge >= 0.3 is 5.97 Å². The number of aryl methyl sites for hydroxylation is 1. The molecule has 0 aliphatic rings. The first-order chi connectivity index (χ1) is 11.0. The Bertz CT molecular complexity index is 718. The highest BCUT2D eigenvalue weighted by Crippen LogP contribution is 2.09. The SMILES string of the molecule is Cc1ccc(C(=O)OCC(=O)NCc2ccc(F)cc2F)cn1. The normalized spacial score (nSPS) is 10.2. The van der Waals surface area contributed by atoms with Crippen LogP contribution in [0.25, 0.3) is 0 Å². The van der Waals surface area contributed by atoms with Crippen molar-refractivity contribution in [1.29, 1.82) is 0 Å². The molecule has 2 rings (SSSR count). The van der Waals surface area contributed by atoms with Gasteiger partial charge < -0.3 is 10.1 Å². The van der Waals surface area contributed by atoms with Gasteiger partial charge in [0.05, 0.1) is 5.56 Å². The first-order valence-corrected chi connectivity index (χ1v) is 6.76. The van der Waals surface area contributed by atoms with Crippen LogP contribution in [-0.4, -0.2) is 23.5 Å². The standard InChI is InChI=1S/C16H14F2N2O3/c1-10-2-3-12(8-19-10)16(22)23-9-15(21)20-7-11-4-5-13(17)6-14(11)18/h2-6,8H,7,9H2,1H3,(H,20,21). The molecule has 1 N–H and O–H groups in total. The molecule has 2 aromatic rings. The first kappa shape index (κ1) is 16.5. The number of nitrogens with one attached hydrogen (secondary N) is 1. The summed E-state index contributed by atoms with van der Waals surface area (Å²) >= 11 is 0. The number of amides is 1. The third-order valence-corrected chi connectivity index (χ3v) is 2.97. The molecule has 0 saturated heterocycles. The number of nitrogens with zero attached hydrogens (tertiary/aromatic N) is 1. The van der Waals surface area contributed by atoms with Crippen LogP contribution in [0.3, 0.4) is 0 Å². The van der Waals surface area contributed by atoms with Crippen LogP contribution in [0.5, 0.6) is 0 Å². The molecule has 0 fully saturated rings. The van der Waals surface area contributed by atoms with Crippen molar-refractivity contribution in [1.82, 2.24) is 10.3 Å². The van der Waals surface area contributed by atoms with Crippen LogP contribution in [0, 0.1) is 18.6 Å². The molecule has 23 heavy (non-hydrogen) atoms. The van der Waals surface area contributed by atoms with Crippen molar-refractivity contribution in [3.8, 4) is 0 Å². The molecule has 1 heterocycles. The molecular weight excluding hydrogens is 306 g/mol. The maximum atomic E-state index is 13.4. The fraction of sp³-hybridized carbons (Fsp3) is 0.188. The van der Waals surface area contributed by atoms with Crippen molar-refractivity contribution < 1.29 is 23.1 Å². The molecular formula is C16H14F2N2O3. The number of hydrogen-bond acceptors (Lipinski definition) is 4. The Kier molecular flexibility index (Phi) is 5.35. The highest BCUT2D eigenvalue weighted by molar-refractivity contribution is 5.90. The van der Waals surface area contributed by atoms with E-state index in [4.69, 9.17) is 4.74 Å². The smallest absolute Gasteiger partial charge is 0.340 e. The minimum Gasteiger partial charge on any atom is -0.452 e. The fourth-order valence-electron chi connectivity index (χ4n) is 1.71. The van der Waals surface area contributed by atoms with Gasteiger partial charge in [-0.3, -0.25) is 9.78 Å². The van der Waals surface area contributed by atoms with Gasteiger partial charge in [-0.05, 0) is 25.1 Å². The zero-order chi connectivity index (χ0) is 16.8. The van der Waals surface area contributed by atoms with Crippen molar-refractivity contribution in [3.05, 3.63) is 65.0 Å². The number of rotatable bonds is 5. The average Bonchev–Trinajstić information content (AvgIpc) is 2.52. The number of carbonyl (C=O) groups excluding carboxylic acids is 2. The topological polar surface area (TPSA) is 68.3 Å². The Morgan fingerprint density at radius 1 is 1.22 bits per heavy atom. The Labute approximate surface area is 131 Å². The zero-order valence-electron chi connectivity index (χ0n) is 12.3. The second-order valence-electron chi connectivity index (χ2n) is 4.78. The minimum atomic E-state index is -0.756. The Hall–Kier alpha value is -2.83. The summed E-state index contributed by atoms with van der Waals surface area (Å²) in [5.74, 6) is -2.73. The van der Waals surface area contributed by atoms with Crippen molar-refractivity contribution in [2.45, 2.75) is 13.5 Å². The van der Waals surface area contributed by atoms with E-state index in [1.165, 1.54) is 18.3 Å².